The molecule has 1 fully saturated rings. The molecule has 4 rings (SSSR count). The summed E-state index contributed by atoms with van der Waals surface area (Å²) in [4.78, 5) is 28.4. The Morgan fingerprint density at radius 1 is 1.19 bits per heavy atom. The molecule has 7 nitrogen and oxygen atoms in total. The van der Waals surface area contributed by atoms with Crippen LogP contribution in [0.2, 0.25) is 0 Å². The summed E-state index contributed by atoms with van der Waals surface area (Å²) < 4.78 is 7.44. The normalized spacial score (nSPS) is 14.5. The minimum Gasteiger partial charge on any atom is -0.467 e. The number of furan rings is 1. The van der Waals surface area contributed by atoms with Crippen LogP contribution in [0.25, 0.3) is 6.08 Å². The molecule has 3 heterocycles. The molecule has 0 unspecified atom stereocenters. The first-order valence-electron chi connectivity index (χ1n) is 11.7. The summed E-state index contributed by atoms with van der Waals surface area (Å²) in [5.41, 5.74) is 2.04. The number of pyridine rings is 1. The van der Waals surface area contributed by atoms with E-state index < -0.39 is 0 Å². The largest absolute Gasteiger partial charge is 0.467 e. The van der Waals surface area contributed by atoms with Crippen molar-refractivity contribution in [3.8, 4) is 6.07 Å². The van der Waals surface area contributed by atoms with E-state index in [1.54, 1.807) is 30.2 Å². The Bertz CT molecular complexity index is 1400. The van der Waals surface area contributed by atoms with Gasteiger partial charge in [-0.15, -0.1) is 0 Å². The van der Waals surface area contributed by atoms with E-state index in [9.17, 15) is 14.9 Å². The Hall–Kier alpha value is -3.61. The molecule has 9 heteroatoms. The lowest BCUT2D eigenvalue weighted by Crippen LogP contribution is -2.29. The van der Waals surface area contributed by atoms with Crippen LogP contribution in [0.3, 0.4) is 0 Å². The summed E-state index contributed by atoms with van der Waals surface area (Å²) in [6, 6.07) is 15.8. The van der Waals surface area contributed by atoms with Crippen molar-refractivity contribution in [2.45, 2.75) is 39.8 Å². The number of nitrogens with one attached hydrogen (secondary N) is 1. The lowest BCUT2D eigenvalue weighted by molar-refractivity contribution is -0.122. The second kappa shape index (κ2) is 11.4. The number of carbonyl (C=O) groups is 1. The van der Waals surface area contributed by atoms with Crippen LogP contribution in [0.1, 0.15) is 41.4 Å². The molecular weight excluding hydrogens is 492 g/mol. The first-order valence-corrected chi connectivity index (χ1v) is 12.9. The van der Waals surface area contributed by atoms with Crippen LogP contribution in [0.5, 0.6) is 0 Å². The Labute approximate surface area is 219 Å². The van der Waals surface area contributed by atoms with Crippen molar-refractivity contribution in [3.63, 3.8) is 0 Å². The number of aryl methyl sites for hydroxylation is 1. The number of hydrogen-bond donors (Lipinski definition) is 1. The zero-order valence-electron chi connectivity index (χ0n) is 20.1. The fraction of sp³-hybridized carbons (Fsp3) is 0.259. The summed E-state index contributed by atoms with van der Waals surface area (Å²) in [5.74, 6) is 1.06. The van der Waals surface area contributed by atoms with Crippen LogP contribution in [-0.4, -0.2) is 26.2 Å². The Kier molecular flexibility index (Phi) is 8.08. The molecule has 184 valence electrons. The average molecular weight is 519 g/mol. The van der Waals surface area contributed by atoms with Gasteiger partial charge in [-0.2, -0.15) is 5.26 Å². The molecule has 0 saturated carbocycles. The van der Waals surface area contributed by atoms with E-state index in [2.05, 4.69) is 17.4 Å². The van der Waals surface area contributed by atoms with Gasteiger partial charge in [0.1, 0.15) is 27.5 Å². The predicted molar refractivity (Wildman–Crippen MR) is 147 cm³/mol. The number of amides is 1. The molecule has 1 amide bonds. The summed E-state index contributed by atoms with van der Waals surface area (Å²) in [5, 5.41) is 13.0. The summed E-state index contributed by atoms with van der Waals surface area (Å²) >= 11 is 6.76. The standard InChI is InChI=1S/C27H26N4O3S2/c1-3-30-24(29-17-20-12-8-14-34-20)21(18(2)22(16-28)25(30)32)15-23-26(33)31(27(35)36-23)13-7-11-19-9-5-4-6-10-19/h4-6,8-10,12,14-15,29H,3,7,11,13,17H2,1-2H3/b23-15-. The third-order valence-electron chi connectivity index (χ3n) is 6.04. The van der Waals surface area contributed by atoms with Gasteiger partial charge >= 0.3 is 0 Å². The van der Waals surface area contributed by atoms with Gasteiger partial charge < -0.3 is 9.73 Å². The van der Waals surface area contributed by atoms with E-state index in [1.807, 2.05) is 37.3 Å². The van der Waals surface area contributed by atoms with Crippen molar-refractivity contribution in [1.29, 1.82) is 5.26 Å². The van der Waals surface area contributed by atoms with Crippen LogP contribution in [-0.2, 0) is 24.3 Å². The van der Waals surface area contributed by atoms with Gasteiger partial charge in [0.2, 0.25) is 0 Å². The maximum atomic E-state index is 13.3. The van der Waals surface area contributed by atoms with E-state index in [4.69, 9.17) is 16.6 Å². The Morgan fingerprint density at radius 2 is 1.97 bits per heavy atom. The first-order chi connectivity index (χ1) is 17.4. The monoisotopic (exact) mass is 518 g/mol. The van der Waals surface area contributed by atoms with Crippen LogP contribution >= 0.6 is 24.0 Å². The van der Waals surface area contributed by atoms with Crippen molar-refractivity contribution in [3.05, 3.63) is 92.0 Å². The van der Waals surface area contributed by atoms with Crippen molar-refractivity contribution in [1.82, 2.24) is 9.47 Å². The van der Waals surface area contributed by atoms with Gasteiger partial charge in [-0.25, -0.2) is 0 Å². The second-order valence-corrected chi connectivity index (χ2v) is 9.95. The lowest BCUT2D eigenvalue weighted by atomic mass is 10.0. The molecule has 0 bridgehead atoms. The maximum absolute atomic E-state index is 13.3. The maximum Gasteiger partial charge on any atom is 0.270 e. The smallest absolute Gasteiger partial charge is 0.270 e. The number of thiocarbonyl (C=S) groups is 1. The highest BCUT2D eigenvalue weighted by molar-refractivity contribution is 8.26. The van der Waals surface area contributed by atoms with Gasteiger partial charge in [0.25, 0.3) is 11.5 Å². The Morgan fingerprint density at radius 3 is 2.64 bits per heavy atom. The SMILES string of the molecule is CCn1c(NCc2ccco2)c(/C=C2\SC(=S)N(CCCc3ccccc3)C2=O)c(C)c(C#N)c1=O. The minimum absolute atomic E-state index is 0.0602. The number of rotatable bonds is 9. The van der Waals surface area contributed by atoms with E-state index in [0.717, 1.165) is 12.8 Å². The first kappa shape index (κ1) is 25.5. The summed E-state index contributed by atoms with van der Waals surface area (Å²) in [7, 11) is 0. The second-order valence-electron chi connectivity index (χ2n) is 8.28. The third-order valence-corrected chi connectivity index (χ3v) is 7.42. The molecule has 0 spiro atoms. The molecule has 36 heavy (non-hydrogen) atoms. The number of thioether (sulfide) groups is 1. The van der Waals surface area contributed by atoms with Crippen molar-refractivity contribution < 1.29 is 9.21 Å². The molecule has 1 saturated heterocycles. The van der Waals surface area contributed by atoms with Crippen molar-refractivity contribution >= 4 is 46.1 Å². The molecular formula is C27H26N4O3S2. The zero-order chi connectivity index (χ0) is 25.7. The van der Waals surface area contributed by atoms with Crippen LogP contribution in [0.15, 0.2) is 62.8 Å². The highest BCUT2D eigenvalue weighted by atomic mass is 32.2. The van der Waals surface area contributed by atoms with Gasteiger partial charge in [-0.1, -0.05) is 54.3 Å². The molecule has 2 aromatic heterocycles. The van der Waals surface area contributed by atoms with Crippen molar-refractivity contribution in [2.24, 2.45) is 0 Å². The molecule has 0 atom stereocenters. The number of benzene rings is 1. The molecule has 0 radical (unpaired) electrons. The van der Waals surface area contributed by atoms with Gasteiger partial charge in [0.15, 0.2) is 0 Å². The van der Waals surface area contributed by atoms with E-state index >= 15 is 0 Å². The quantitative estimate of drug-likeness (QED) is 0.312. The predicted octanol–water partition coefficient (Wildman–Crippen LogP) is 5.09. The molecule has 1 aromatic carbocycles. The molecule has 1 aliphatic heterocycles. The lowest BCUT2D eigenvalue weighted by Gasteiger charge is -2.19. The fourth-order valence-corrected chi connectivity index (χ4v) is 5.44. The Balaban J connectivity index is 1.64. The number of nitriles is 1. The highest BCUT2D eigenvalue weighted by Crippen LogP contribution is 2.35. The number of nitrogens with zero attached hydrogens (tertiary/aromatic N) is 3. The number of hydrogen-bond acceptors (Lipinski definition) is 7. The minimum atomic E-state index is -0.370. The fourth-order valence-electron chi connectivity index (χ4n) is 4.15. The number of aromatic nitrogens is 1. The highest BCUT2D eigenvalue weighted by Gasteiger charge is 2.32. The summed E-state index contributed by atoms with van der Waals surface area (Å²) in [6.07, 6.45) is 4.96. The average Bonchev–Trinajstić information content (AvgIpc) is 3.49. The molecule has 3 aromatic rings. The van der Waals surface area contributed by atoms with Gasteiger partial charge in [0.05, 0.1) is 17.7 Å². The van der Waals surface area contributed by atoms with Gasteiger partial charge in [0, 0.05) is 18.7 Å². The summed E-state index contributed by atoms with van der Waals surface area (Å²) in [6.45, 7) is 4.79. The molecule has 0 aliphatic carbocycles. The van der Waals surface area contributed by atoms with E-state index in [1.165, 1.54) is 21.9 Å². The number of carbonyl (C=O) groups excluding carboxylic acids is 1. The van der Waals surface area contributed by atoms with Gasteiger partial charge in [-0.3, -0.25) is 19.1 Å². The molecule has 1 N–H and O–H groups in total. The molecule has 1 aliphatic rings. The van der Waals surface area contributed by atoms with Gasteiger partial charge in [-0.05, 0) is 56.0 Å². The van der Waals surface area contributed by atoms with E-state index in [-0.39, 0.29) is 17.0 Å². The van der Waals surface area contributed by atoms with Crippen LogP contribution in [0.4, 0.5) is 5.82 Å². The zero-order valence-corrected chi connectivity index (χ0v) is 21.7. The van der Waals surface area contributed by atoms with Crippen LogP contribution in [0, 0.1) is 18.3 Å². The third kappa shape index (κ3) is 5.30. The van der Waals surface area contributed by atoms with Crippen LogP contribution < -0.4 is 10.9 Å². The number of anilines is 1. The van der Waals surface area contributed by atoms with Crippen molar-refractivity contribution in [2.75, 3.05) is 11.9 Å². The van der Waals surface area contributed by atoms with E-state index in [0.29, 0.717) is 51.6 Å². The topological polar surface area (TPSA) is 91.3 Å².